The number of benzene rings is 1. The predicted molar refractivity (Wildman–Crippen MR) is 99.6 cm³/mol. The lowest BCUT2D eigenvalue weighted by Crippen LogP contribution is -2.41. The predicted octanol–water partition coefficient (Wildman–Crippen LogP) is 2.06. The number of carbonyl (C=O) groups is 1. The van der Waals surface area contributed by atoms with Crippen molar-refractivity contribution in [2.75, 3.05) is 19.6 Å². The molecule has 1 fully saturated rings. The molecule has 0 unspecified atom stereocenters. The summed E-state index contributed by atoms with van der Waals surface area (Å²) in [7, 11) is 0. The van der Waals surface area contributed by atoms with Crippen LogP contribution in [0.2, 0.25) is 0 Å². The first-order chi connectivity index (χ1) is 12.0. The van der Waals surface area contributed by atoms with Crippen LogP contribution in [0.5, 0.6) is 0 Å². The van der Waals surface area contributed by atoms with E-state index in [1.54, 1.807) is 0 Å². The van der Waals surface area contributed by atoms with Crippen LogP contribution in [0, 0.1) is 5.92 Å². The van der Waals surface area contributed by atoms with Gasteiger partial charge in [-0.05, 0) is 50.2 Å². The van der Waals surface area contributed by atoms with Crippen molar-refractivity contribution < 1.29 is 4.79 Å². The van der Waals surface area contributed by atoms with Gasteiger partial charge in [-0.1, -0.05) is 18.2 Å². The van der Waals surface area contributed by atoms with Crippen molar-refractivity contribution in [3.8, 4) is 0 Å². The molecule has 0 aliphatic carbocycles. The minimum Gasteiger partial charge on any atom is -0.338 e. The van der Waals surface area contributed by atoms with Gasteiger partial charge < -0.3 is 15.6 Å². The van der Waals surface area contributed by atoms with Crippen LogP contribution in [-0.4, -0.2) is 41.6 Å². The Morgan fingerprint density at radius 2 is 2.16 bits per heavy atom. The van der Waals surface area contributed by atoms with Crippen molar-refractivity contribution in [2.45, 2.75) is 32.9 Å². The average Bonchev–Trinajstić information content (AvgIpc) is 3.00. The van der Waals surface area contributed by atoms with Crippen LogP contribution in [0.3, 0.4) is 0 Å². The molecule has 3 rings (SSSR count). The summed E-state index contributed by atoms with van der Waals surface area (Å²) >= 11 is 0. The molecule has 0 radical (unpaired) electrons. The third-order valence-electron chi connectivity index (χ3n) is 4.57. The van der Waals surface area contributed by atoms with E-state index in [0.29, 0.717) is 19.0 Å². The Kier molecular flexibility index (Phi) is 5.38. The number of fused-ring (bicyclic) bond motifs is 1. The van der Waals surface area contributed by atoms with Gasteiger partial charge in [0.05, 0.1) is 0 Å². The van der Waals surface area contributed by atoms with Gasteiger partial charge in [0.1, 0.15) is 0 Å². The molecule has 3 N–H and O–H groups in total. The van der Waals surface area contributed by atoms with Crippen LogP contribution in [0.15, 0.2) is 35.1 Å². The molecule has 0 saturated carbocycles. The number of likely N-dealkylation sites (tertiary alicyclic amines) is 1. The number of pyridine rings is 1. The topological polar surface area (TPSA) is 77.2 Å². The molecule has 2 heterocycles. The lowest BCUT2D eigenvalue weighted by atomic mass is 10.1. The van der Waals surface area contributed by atoms with Crippen molar-refractivity contribution in [3.05, 3.63) is 46.2 Å². The zero-order valence-corrected chi connectivity index (χ0v) is 14.8. The normalized spacial score (nSPS) is 18.0. The molecule has 1 aromatic carbocycles. The number of nitrogens with one attached hydrogen (secondary N) is 3. The Morgan fingerprint density at radius 1 is 1.36 bits per heavy atom. The quantitative estimate of drug-likeness (QED) is 0.778. The Morgan fingerprint density at radius 3 is 2.96 bits per heavy atom. The highest BCUT2D eigenvalue weighted by molar-refractivity contribution is 5.78. The summed E-state index contributed by atoms with van der Waals surface area (Å²) in [6, 6.07) is 9.84. The maximum atomic E-state index is 12.3. The Hall–Kier alpha value is -2.34. The number of aromatic nitrogens is 1. The summed E-state index contributed by atoms with van der Waals surface area (Å²) in [4.78, 5) is 29.2. The van der Waals surface area contributed by atoms with Crippen LogP contribution in [0.25, 0.3) is 10.9 Å². The Labute approximate surface area is 147 Å². The van der Waals surface area contributed by atoms with Crippen LogP contribution < -0.4 is 16.2 Å². The monoisotopic (exact) mass is 342 g/mol. The first-order valence-corrected chi connectivity index (χ1v) is 8.89. The number of H-pyrrole nitrogens is 1. The van der Waals surface area contributed by atoms with Gasteiger partial charge in [-0.25, -0.2) is 4.79 Å². The summed E-state index contributed by atoms with van der Waals surface area (Å²) in [5.41, 5.74) is 1.65. The second-order valence-electron chi connectivity index (χ2n) is 7.11. The van der Waals surface area contributed by atoms with Crippen LogP contribution in [0.4, 0.5) is 4.79 Å². The number of amides is 2. The Bertz CT molecular complexity index is 799. The Balaban J connectivity index is 1.55. The molecule has 2 aromatic rings. The summed E-state index contributed by atoms with van der Waals surface area (Å²) in [5.74, 6) is 0.428. The van der Waals surface area contributed by atoms with E-state index in [2.05, 4.69) is 20.5 Å². The molecule has 0 bridgehead atoms. The molecule has 1 aliphatic heterocycles. The lowest BCUT2D eigenvalue weighted by Gasteiger charge is -2.17. The van der Waals surface area contributed by atoms with E-state index in [0.717, 1.165) is 36.0 Å². The highest BCUT2D eigenvalue weighted by atomic mass is 16.2. The molecule has 6 nitrogen and oxygen atoms in total. The third-order valence-corrected chi connectivity index (χ3v) is 4.57. The van der Waals surface area contributed by atoms with Crippen LogP contribution in [0.1, 0.15) is 25.8 Å². The van der Waals surface area contributed by atoms with Gasteiger partial charge >= 0.3 is 6.03 Å². The maximum Gasteiger partial charge on any atom is 0.314 e. The molecular formula is C19H26N4O2. The summed E-state index contributed by atoms with van der Waals surface area (Å²) in [5, 5.41) is 6.82. The largest absolute Gasteiger partial charge is 0.338 e. The first-order valence-electron chi connectivity index (χ1n) is 8.89. The number of hydrogen-bond donors (Lipinski definition) is 3. The summed E-state index contributed by atoms with van der Waals surface area (Å²) in [6.45, 7) is 7.05. The van der Waals surface area contributed by atoms with Gasteiger partial charge in [0.2, 0.25) is 0 Å². The van der Waals surface area contributed by atoms with E-state index < -0.39 is 0 Å². The van der Waals surface area contributed by atoms with Crippen molar-refractivity contribution in [1.29, 1.82) is 0 Å². The van der Waals surface area contributed by atoms with E-state index >= 15 is 0 Å². The van der Waals surface area contributed by atoms with Gasteiger partial charge in [0.25, 0.3) is 5.56 Å². The number of rotatable bonds is 5. The minimum atomic E-state index is -0.112. The maximum absolute atomic E-state index is 12.3. The summed E-state index contributed by atoms with van der Waals surface area (Å²) < 4.78 is 0. The SMILES string of the molecule is CC(C)NC(=O)NC[C@H]1CCN(Cc2cc3ccccc3[nH]c2=O)C1. The van der Waals surface area contributed by atoms with E-state index in [1.165, 1.54) is 0 Å². The molecule has 1 atom stereocenters. The second-order valence-corrected chi connectivity index (χ2v) is 7.11. The second kappa shape index (κ2) is 7.70. The number of carbonyl (C=O) groups excluding carboxylic acids is 1. The standard InChI is InChI=1S/C19H26N4O2/c1-13(2)21-19(25)20-10-14-7-8-23(11-14)12-16-9-15-5-3-4-6-17(15)22-18(16)24/h3-6,9,13-14H,7-8,10-12H2,1-2H3,(H,22,24)(H2,20,21,25)/t14-/m1/s1. The summed E-state index contributed by atoms with van der Waals surface area (Å²) in [6.07, 6.45) is 1.04. The molecule has 1 saturated heterocycles. The number of aromatic amines is 1. The number of para-hydroxylation sites is 1. The van der Waals surface area contributed by atoms with Gasteiger partial charge in [-0.15, -0.1) is 0 Å². The van der Waals surface area contributed by atoms with E-state index in [-0.39, 0.29) is 17.6 Å². The molecular weight excluding hydrogens is 316 g/mol. The van der Waals surface area contributed by atoms with Crippen LogP contribution >= 0.6 is 0 Å². The molecule has 2 amide bonds. The van der Waals surface area contributed by atoms with Crippen molar-refractivity contribution >= 4 is 16.9 Å². The fraction of sp³-hybridized carbons (Fsp3) is 0.474. The fourth-order valence-electron chi connectivity index (χ4n) is 3.32. The number of nitrogens with zero attached hydrogens (tertiary/aromatic N) is 1. The average molecular weight is 342 g/mol. The molecule has 25 heavy (non-hydrogen) atoms. The van der Waals surface area contributed by atoms with E-state index in [1.807, 2.05) is 44.2 Å². The molecule has 6 heteroatoms. The number of urea groups is 1. The van der Waals surface area contributed by atoms with Crippen molar-refractivity contribution in [2.24, 2.45) is 5.92 Å². The zero-order chi connectivity index (χ0) is 17.8. The minimum absolute atomic E-state index is 0.0170. The third kappa shape index (κ3) is 4.60. The van der Waals surface area contributed by atoms with Gasteiger partial charge in [-0.3, -0.25) is 9.69 Å². The van der Waals surface area contributed by atoms with E-state index in [9.17, 15) is 9.59 Å². The fourth-order valence-corrected chi connectivity index (χ4v) is 3.32. The first kappa shape index (κ1) is 17.5. The van der Waals surface area contributed by atoms with Crippen molar-refractivity contribution in [3.63, 3.8) is 0 Å². The highest BCUT2D eigenvalue weighted by Gasteiger charge is 2.23. The smallest absolute Gasteiger partial charge is 0.314 e. The molecule has 134 valence electrons. The molecule has 1 aliphatic rings. The zero-order valence-electron chi connectivity index (χ0n) is 14.8. The van der Waals surface area contributed by atoms with Crippen molar-refractivity contribution in [1.82, 2.24) is 20.5 Å². The lowest BCUT2D eigenvalue weighted by molar-refractivity contribution is 0.236. The highest BCUT2D eigenvalue weighted by Crippen LogP contribution is 2.18. The van der Waals surface area contributed by atoms with Gasteiger partial charge in [-0.2, -0.15) is 0 Å². The van der Waals surface area contributed by atoms with Gasteiger partial charge in [0.15, 0.2) is 0 Å². The van der Waals surface area contributed by atoms with Gasteiger partial charge in [0, 0.05) is 36.8 Å². The number of hydrogen-bond acceptors (Lipinski definition) is 3. The molecule has 1 aromatic heterocycles. The van der Waals surface area contributed by atoms with E-state index in [4.69, 9.17) is 0 Å². The van der Waals surface area contributed by atoms with Crippen LogP contribution in [-0.2, 0) is 6.54 Å². The molecule has 0 spiro atoms.